The van der Waals surface area contributed by atoms with Crippen LogP contribution in [0.25, 0.3) is 0 Å². The molecule has 3 atom stereocenters. The number of urea groups is 1. The molecule has 0 spiro atoms. The van der Waals surface area contributed by atoms with Crippen LogP contribution < -0.4 is 11.1 Å². The molecule has 1 rings (SSSR count). The van der Waals surface area contributed by atoms with Gasteiger partial charge in [-0.15, -0.1) is 0 Å². The molecule has 20 heavy (non-hydrogen) atoms. The van der Waals surface area contributed by atoms with E-state index in [0.29, 0.717) is 6.42 Å². The van der Waals surface area contributed by atoms with Crippen LogP contribution in [0.1, 0.15) is 20.3 Å². The van der Waals surface area contributed by atoms with Crippen LogP contribution in [-0.4, -0.2) is 59.8 Å². The molecule has 114 valence electrons. The maximum atomic E-state index is 12.5. The minimum absolute atomic E-state index is 0.0507. The van der Waals surface area contributed by atoms with Gasteiger partial charge in [0.15, 0.2) is 6.04 Å². The minimum Gasteiger partial charge on any atom is -0.480 e. The van der Waals surface area contributed by atoms with E-state index in [2.05, 4.69) is 5.32 Å². The summed E-state index contributed by atoms with van der Waals surface area (Å²) in [5.41, 5.74) is 5.09. The summed E-state index contributed by atoms with van der Waals surface area (Å²) in [5, 5.41) is 11.5. The Morgan fingerprint density at radius 1 is 1.50 bits per heavy atom. The van der Waals surface area contributed by atoms with E-state index in [1.54, 1.807) is 6.92 Å². The number of aliphatic carboxylic acids is 1. The highest BCUT2D eigenvalue weighted by Crippen LogP contribution is 2.15. The Kier molecular flexibility index (Phi) is 5.75. The van der Waals surface area contributed by atoms with Crippen molar-refractivity contribution < 1.29 is 24.2 Å². The number of nitrogens with zero attached hydrogens (tertiary/aromatic N) is 1. The van der Waals surface area contributed by atoms with Crippen molar-refractivity contribution in [1.29, 1.82) is 0 Å². The highest BCUT2D eigenvalue weighted by Gasteiger charge is 2.37. The zero-order valence-corrected chi connectivity index (χ0v) is 11.7. The van der Waals surface area contributed by atoms with Crippen molar-refractivity contribution in [2.75, 3.05) is 19.8 Å². The van der Waals surface area contributed by atoms with Gasteiger partial charge in [-0.05, 0) is 5.92 Å². The smallest absolute Gasteiger partial charge is 0.328 e. The predicted molar refractivity (Wildman–Crippen MR) is 69.9 cm³/mol. The monoisotopic (exact) mass is 287 g/mol. The van der Waals surface area contributed by atoms with Gasteiger partial charge in [-0.2, -0.15) is 0 Å². The molecule has 1 aliphatic rings. The van der Waals surface area contributed by atoms with Crippen LogP contribution in [0.4, 0.5) is 4.79 Å². The molecule has 4 N–H and O–H groups in total. The van der Waals surface area contributed by atoms with Gasteiger partial charge < -0.3 is 25.8 Å². The lowest BCUT2D eigenvalue weighted by molar-refractivity contribution is -0.159. The van der Waals surface area contributed by atoms with E-state index in [4.69, 9.17) is 15.6 Å². The molecular weight excluding hydrogens is 266 g/mol. The number of carboxylic acids is 1. The maximum Gasteiger partial charge on any atom is 0.328 e. The van der Waals surface area contributed by atoms with Crippen LogP contribution in [0.3, 0.4) is 0 Å². The number of ether oxygens (including phenoxy) is 1. The summed E-state index contributed by atoms with van der Waals surface area (Å²) in [7, 11) is 0. The fourth-order valence-electron chi connectivity index (χ4n) is 2.09. The molecule has 8 nitrogen and oxygen atoms in total. The number of carbonyl (C=O) groups is 3. The number of morpholine rings is 1. The van der Waals surface area contributed by atoms with Crippen LogP contribution in [0.2, 0.25) is 0 Å². The average Bonchev–Trinajstić information content (AvgIpc) is 2.42. The summed E-state index contributed by atoms with van der Waals surface area (Å²) in [6.45, 7) is 4.09. The lowest BCUT2D eigenvalue weighted by Gasteiger charge is -2.36. The number of rotatable bonds is 5. The molecule has 1 fully saturated rings. The molecule has 3 amide bonds. The van der Waals surface area contributed by atoms with Gasteiger partial charge in [0.2, 0.25) is 5.91 Å². The molecule has 3 unspecified atom stereocenters. The average molecular weight is 287 g/mol. The number of amides is 3. The second-order valence-electron chi connectivity index (χ2n) is 4.83. The minimum atomic E-state index is -1.12. The molecule has 1 heterocycles. The van der Waals surface area contributed by atoms with Gasteiger partial charge in [0, 0.05) is 6.54 Å². The Hall–Kier alpha value is -1.83. The topological polar surface area (TPSA) is 122 Å². The van der Waals surface area contributed by atoms with E-state index in [-0.39, 0.29) is 25.7 Å². The van der Waals surface area contributed by atoms with Crippen LogP contribution in [-0.2, 0) is 14.3 Å². The second kappa shape index (κ2) is 7.09. The summed E-state index contributed by atoms with van der Waals surface area (Å²) >= 11 is 0. The van der Waals surface area contributed by atoms with E-state index in [1.807, 2.05) is 6.92 Å². The number of hydrogen-bond acceptors (Lipinski definition) is 4. The van der Waals surface area contributed by atoms with E-state index >= 15 is 0 Å². The standard InChI is InChI=1S/C12H21N3O5/c1-3-7(2)9(14-12(13)19)10(16)15-4-5-20-6-8(15)11(17)18/h7-9H,3-6H2,1-2H3,(H,17,18)(H3,13,14,19). The Balaban J connectivity index is 2.90. The molecule has 0 saturated carbocycles. The lowest BCUT2D eigenvalue weighted by Crippen LogP contribution is -2.60. The van der Waals surface area contributed by atoms with Crippen molar-refractivity contribution in [3.8, 4) is 0 Å². The van der Waals surface area contributed by atoms with Gasteiger partial charge in [-0.3, -0.25) is 4.79 Å². The number of carbonyl (C=O) groups excluding carboxylic acids is 2. The molecule has 0 radical (unpaired) electrons. The van der Waals surface area contributed by atoms with Gasteiger partial charge in [-0.1, -0.05) is 20.3 Å². The molecular formula is C12H21N3O5. The molecule has 1 saturated heterocycles. The fraction of sp³-hybridized carbons (Fsp3) is 0.750. The quantitative estimate of drug-likeness (QED) is 0.622. The first-order chi connectivity index (χ1) is 9.38. The van der Waals surface area contributed by atoms with Crippen LogP contribution in [0, 0.1) is 5.92 Å². The first-order valence-electron chi connectivity index (χ1n) is 6.55. The Morgan fingerprint density at radius 2 is 2.15 bits per heavy atom. The van der Waals surface area contributed by atoms with Gasteiger partial charge >= 0.3 is 12.0 Å². The lowest BCUT2D eigenvalue weighted by atomic mass is 9.97. The SMILES string of the molecule is CCC(C)C(NC(N)=O)C(=O)N1CCOCC1C(=O)O. The summed E-state index contributed by atoms with van der Waals surface area (Å²) in [6.07, 6.45) is 0.652. The highest BCUT2D eigenvalue weighted by molar-refractivity contribution is 5.90. The van der Waals surface area contributed by atoms with Crippen molar-refractivity contribution in [3.63, 3.8) is 0 Å². The first-order valence-corrected chi connectivity index (χ1v) is 6.55. The zero-order valence-electron chi connectivity index (χ0n) is 11.7. The molecule has 1 aliphatic heterocycles. The van der Waals surface area contributed by atoms with E-state index in [9.17, 15) is 14.4 Å². The summed E-state index contributed by atoms with van der Waals surface area (Å²) in [6, 6.07) is -2.65. The van der Waals surface area contributed by atoms with Gasteiger partial charge in [-0.25, -0.2) is 9.59 Å². The van der Waals surface area contributed by atoms with Gasteiger partial charge in [0.1, 0.15) is 6.04 Å². The number of nitrogens with two attached hydrogens (primary N) is 1. The molecule has 0 aliphatic carbocycles. The summed E-state index contributed by atoms with van der Waals surface area (Å²) < 4.78 is 5.08. The Bertz CT molecular complexity index is 383. The van der Waals surface area contributed by atoms with Gasteiger partial charge in [0.25, 0.3) is 0 Å². The first kappa shape index (κ1) is 16.2. The third-order valence-corrected chi connectivity index (χ3v) is 3.47. The highest BCUT2D eigenvalue weighted by atomic mass is 16.5. The van der Waals surface area contributed by atoms with Gasteiger partial charge in [0.05, 0.1) is 13.2 Å². The molecule has 0 aromatic heterocycles. The molecule has 0 bridgehead atoms. The Morgan fingerprint density at radius 3 is 2.65 bits per heavy atom. The maximum absolute atomic E-state index is 12.5. The summed E-state index contributed by atoms with van der Waals surface area (Å²) in [4.78, 5) is 35.9. The summed E-state index contributed by atoms with van der Waals surface area (Å²) in [5.74, 6) is -1.71. The normalized spacial score (nSPS) is 21.9. The number of hydrogen-bond donors (Lipinski definition) is 3. The van der Waals surface area contributed by atoms with Crippen LogP contribution in [0.5, 0.6) is 0 Å². The third-order valence-electron chi connectivity index (χ3n) is 3.47. The largest absolute Gasteiger partial charge is 0.480 e. The van der Waals surface area contributed by atoms with E-state index in [0.717, 1.165) is 0 Å². The fourth-order valence-corrected chi connectivity index (χ4v) is 2.09. The van der Waals surface area contributed by atoms with Crippen LogP contribution in [0.15, 0.2) is 0 Å². The molecule has 8 heteroatoms. The Labute approximate surface area is 117 Å². The third kappa shape index (κ3) is 3.83. The predicted octanol–water partition coefficient (Wildman–Crippen LogP) is -0.619. The molecule has 0 aromatic rings. The van der Waals surface area contributed by atoms with Crippen molar-refractivity contribution in [1.82, 2.24) is 10.2 Å². The number of primary amides is 1. The van der Waals surface area contributed by atoms with Crippen molar-refractivity contribution in [2.45, 2.75) is 32.4 Å². The molecule has 0 aromatic carbocycles. The van der Waals surface area contributed by atoms with E-state index < -0.39 is 30.0 Å². The van der Waals surface area contributed by atoms with Crippen molar-refractivity contribution >= 4 is 17.9 Å². The number of nitrogens with one attached hydrogen (secondary N) is 1. The van der Waals surface area contributed by atoms with Crippen molar-refractivity contribution in [2.24, 2.45) is 11.7 Å². The van der Waals surface area contributed by atoms with Crippen LogP contribution >= 0.6 is 0 Å². The number of carboxylic acid groups (broad SMARTS) is 1. The van der Waals surface area contributed by atoms with E-state index in [1.165, 1.54) is 4.90 Å². The van der Waals surface area contributed by atoms with Crippen molar-refractivity contribution in [3.05, 3.63) is 0 Å². The zero-order chi connectivity index (χ0) is 15.3. The second-order valence-corrected chi connectivity index (χ2v) is 4.83.